The molecule has 0 N–H and O–H groups in total. The first-order valence-corrected chi connectivity index (χ1v) is 4.16. The van der Waals surface area contributed by atoms with E-state index < -0.39 is 0 Å². The Morgan fingerprint density at radius 3 is 2.55 bits per heavy atom. The van der Waals surface area contributed by atoms with Gasteiger partial charge in [0.25, 0.3) is 0 Å². The van der Waals surface area contributed by atoms with Crippen LogP contribution < -0.4 is 0 Å². The van der Waals surface area contributed by atoms with E-state index in [9.17, 15) is 4.79 Å². The highest BCUT2D eigenvalue weighted by Crippen LogP contribution is 2.42. The fourth-order valence-corrected chi connectivity index (χ4v) is 1.91. The van der Waals surface area contributed by atoms with E-state index in [0.717, 1.165) is 19.3 Å². The number of ether oxygens (including phenoxy) is 1. The van der Waals surface area contributed by atoms with Crippen molar-refractivity contribution in [3.63, 3.8) is 0 Å². The van der Waals surface area contributed by atoms with Gasteiger partial charge in [-0.2, -0.15) is 0 Å². The van der Waals surface area contributed by atoms with Crippen LogP contribution in [0.5, 0.6) is 0 Å². The van der Waals surface area contributed by atoms with Gasteiger partial charge < -0.3 is 4.74 Å². The molecule has 2 nitrogen and oxygen atoms in total. The second kappa shape index (κ2) is 2.84. The average Bonchev–Trinajstić information content (AvgIpc) is 2.28. The molecule has 0 heterocycles. The van der Waals surface area contributed by atoms with Crippen molar-refractivity contribution in [1.82, 2.24) is 0 Å². The minimum atomic E-state index is -0.0347. The maximum Gasteiger partial charge on any atom is 0.309 e. The quantitative estimate of drug-likeness (QED) is 0.543. The molecule has 0 aromatic heterocycles. The Kier molecular flexibility index (Phi) is 2.21. The van der Waals surface area contributed by atoms with Gasteiger partial charge in [0.15, 0.2) is 0 Å². The van der Waals surface area contributed by atoms with Gasteiger partial charge in [-0.05, 0) is 18.3 Å². The molecule has 1 unspecified atom stereocenters. The van der Waals surface area contributed by atoms with Gasteiger partial charge in [0, 0.05) is 0 Å². The van der Waals surface area contributed by atoms with Crippen LogP contribution in [0.1, 0.15) is 33.1 Å². The van der Waals surface area contributed by atoms with E-state index in [1.807, 2.05) is 0 Å². The molecule has 0 aromatic carbocycles. The van der Waals surface area contributed by atoms with E-state index in [4.69, 9.17) is 4.74 Å². The number of hydrogen-bond acceptors (Lipinski definition) is 2. The zero-order valence-corrected chi connectivity index (χ0v) is 7.52. The van der Waals surface area contributed by atoms with Crippen molar-refractivity contribution in [3.8, 4) is 0 Å². The highest BCUT2D eigenvalue weighted by Gasteiger charge is 2.39. The van der Waals surface area contributed by atoms with Gasteiger partial charge in [0.1, 0.15) is 0 Å². The number of esters is 1. The summed E-state index contributed by atoms with van der Waals surface area (Å²) in [5.74, 6) is 0.0972. The lowest BCUT2D eigenvalue weighted by Gasteiger charge is -2.24. The summed E-state index contributed by atoms with van der Waals surface area (Å²) in [5.41, 5.74) is 0.160. The van der Waals surface area contributed by atoms with Gasteiger partial charge in [-0.15, -0.1) is 0 Å². The van der Waals surface area contributed by atoms with Gasteiger partial charge >= 0.3 is 5.97 Å². The van der Waals surface area contributed by atoms with E-state index in [2.05, 4.69) is 13.8 Å². The molecule has 1 fully saturated rings. The SMILES string of the molecule is COC(=O)C1CCCC1(C)C. The van der Waals surface area contributed by atoms with E-state index in [-0.39, 0.29) is 17.3 Å². The predicted octanol–water partition coefficient (Wildman–Crippen LogP) is 1.99. The van der Waals surface area contributed by atoms with Crippen molar-refractivity contribution < 1.29 is 9.53 Å². The third-order valence-electron chi connectivity index (χ3n) is 2.74. The number of methoxy groups -OCH3 is 1. The van der Waals surface area contributed by atoms with Crippen LogP contribution >= 0.6 is 0 Å². The molecular formula is C9H16O2. The van der Waals surface area contributed by atoms with Gasteiger partial charge in [-0.3, -0.25) is 4.79 Å². The second-order valence-corrected chi connectivity index (χ2v) is 3.96. The zero-order valence-electron chi connectivity index (χ0n) is 7.52. The van der Waals surface area contributed by atoms with Crippen molar-refractivity contribution in [3.05, 3.63) is 0 Å². The zero-order chi connectivity index (χ0) is 8.48. The molecule has 0 aromatic rings. The molecular weight excluding hydrogens is 140 g/mol. The first kappa shape index (κ1) is 8.57. The van der Waals surface area contributed by atoms with Crippen LogP contribution in [0.3, 0.4) is 0 Å². The molecule has 0 bridgehead atoms. The number of hydrogen-bond donors (Lipinski definition) is 0. The standard InChI is InChI=1S/C9H16O2/c1-9(2)6-4-5-7(9)8(10)11-3/h7H,4-6H2,1-3H3. The van der Waals surface area contributed by atoms with E-state index in [0.29, 0.717) is 0 Å². The predicted molar refractivity (Wildman–Crippen MR) is 43.1 cm³/mol. The van der Waals surface area contributed by atoms with Gasteiger partial charge in [-0.25, -0.2) is 0 Å². The number of carbonyl (C=O) groups excluding carboxylic acids is 1. The minimum Gasteiger partial charge on any atom is -0.469 e. The lowest BCUT2D eigenvalue weighted by atomic mass is 9.82. The summed E-state index contributed by atoms with van der Waals surface area (Å²) < 4.78 is 4.73. The maximum absolute atomic E-state index is 11.2. The fraction of sp³-hybridized carbons (Fsp3) is 0.889. The Labute approximate surface area is 67.9 Å². The van der Waals surface area contributed by atoms with Crippen molar-refractivity contribution in [2.75, 3.05) is 7.11 Å². The van der Waals surface area contributed by atoms with Crippen LogP contribution in [0.15, 0.2) is 0 Å². The maximum atomic E-state index is 11.2. The Morgan fingerprint density at radius 2 is 2.18 bits per heavy atom. The Bertz CT molecular complexity index is 161. The molecule has 1 aliphatic rings. The molecule has 11 heavy (non-hydrogen) atoms. The molecule has 0 amide bonds. The van der Waals surface area contributed by atoms with E-state index in [1.54, 1.807) is 0 Å². The molecule has 0 aliphatic heterocycles. The van der Waals surface area contributed by atoms with Crippen LogP contribution in [-0.2, 0) is 9.53 Å². The van der Waals surface area contributed by atoms with Crippen LogP contribution in [0.4, 0.5) is 0 Å². The topological polar surface area (TPSA) is 26.3 Å². The van der Waals surface area contributed by atoms with Crippen molar-refractivity contribution >= 4 is 5.97 Å². The van der Waals surface area contributed by atoms with Crippen molar-refractivity contribution in [2.45, 2.75) is 33.1 Å². The van der Waals surface area contributed by atoms with Crippen LogP contribution in [0.2, 0.25) is 0 Å². The van der Waals surface area contributed by atoms with Gasteiger partial charge in [0.05, 0.1) is 13.0 Å². The summed E-state index contributed by atoms with van der Waals surface area (Å²) in [4.78, 5) is 11.2. The first-order chi connectivity index (χ1) is 5.08. The molecule has 64 valence electrons. The van der Waals surface area contributed by atoms with E-state index in [1.165, 1.54) is 7.11 Å². The summed E-state index contributed by atoms with van der Waals surface area (Å²) in [7, 11) is 1.47. The molecule has 0 spiro atoms. The summed E-state index contributed by atoms with van der Waals surface area (Å²) in [5, 5.41) is 0. The summed E-state index contributed by atoms with van der Waals surface area (Å²) >= 11 is 0. The molecule has 1 rings (SSSR count). The smallest absolute Gasteiger partial charge is 0.309 e. The lowest BCUT2D eigenvalue weighted by Crippen LogP contribution is -2.26. The monoisotopic (exact) mass is 156 g/mol. The molecule has 0 radical (unpaired) electrons. The fourth-order valence-electron chi connectivity index (χ4n) is 1.91. The summed E-state index contributed by atoms with van der Waals surface area (Å²) in [6.45, 7) is 4.28. The molecule has 1 saturated carbocycles. The molecule has 0 saturated heterocycles. The van der Waals surface area contributed by atoms with Crippen LogP contribution in [-0.4, -0.2) is 13.1 Å². The summed E-state index contributed by atoms with van der Waals surface area (Å²) in [6, 6.07) is 0. The number of rotatable bonds is 1. The van der Waals surface area contributed by atoms with Crippen molar-refractivity contribution in [1.29, 1.82) is 0 Å². The van der Waals surface area contributed by atoms with Crippen molar-refractivity contribution in [2.24, 2.45) is 11.3 Å². The summed E-state index contributed by atoms with van der Waals surface area (Å²) in [6.07, 6.45) is 3.30. The van der Waals surface area contributed by atoms with Gasteiger partial charge in [0.2, 0.25) is 0 Å². The first-order valence-electron chi connectivity index (χ1n) is 4.16. The van der Waals surface area contributed by atoms with E-state index >= 15 is 0 Å². The Balaban J connectivity index is 2.64. The average molecular weight is 156 g/mol. The molecule has 1 atom stereocenters. The second-order valence-electron chi connectivity index (χ2n) is 3.96. The molecule has 1 aliphatic carbocycles. The third-order valence-corrected chi connectivity index (χ3v) is 2.74. The van der Waals surface area contributed by atoms with Gasteiger partial charge in [-0.1, -0.05) is 20.3 Å². The Morgan fingerprint density at radius 1 is 1.55 bits per heavy atom. The van der Waals surface area contributed by atoms with Crippen LogP contribution in [0, 0.1) is 11.3 Å². The highest BCUT2D eigenvalue weighted by atomic mass is 16.5. The highest BCUT2D eigenvalue weighted by molar-refractivity contribution is 5.73. The Hall–Kier alpha value is -0.530. The number of carbonyl (C=O) groups is 1. The molecule has 2 heteroatoms. The minimum absolute atomic E-state index is 0.0347. The lowest BCUT2D eigenvalue weighted by molar-refractivity contribution is -0.148. The normalized spacial score (nSPS) is 28.5. The van der Waals surface area contributed by atoms with Crippen LogP contribution in [0.25, 0.3) is 0 Å². The largest absolute Gasteiger partial charge is 0.469 e. The third kappa shape index (κ3) is 1.55.